The molecule has 0 aliphatic carbocycles. The molecular formula is C18H18ClNO. The third-order valence-electron chi connectivity index (χ3n) is 4.15. The number of halogens is 1. The molecule has 1 unspecified atom stereocenters. The molecule has 0 amide bonds. The Morgan fingerprint density at radius 2 is 1.95 bits per heavy atom. The first-order valence-corrected chi connectivity index (χ1v) is 7.76. The number of ketones is 1. The molecule has 1 aliphatic heterocycles. The van der Waals surface area contributed by atoms with Crippen LogP contribution in [-0.2, 0) is 11.2 Å². The fourth-order valence-corrected chi connectivity index (χ4v) is 3.44. The van der Waals surface area contributed by atoms with Crippen molar-refractivity contribution < 1.29 is 4.79 Å². The Labute approximate surface area is 130 Å². The zero-order valence-corrected chi connectivity index (χ0v) is 12.8. The standard InChI is InChI=1S/C18H18ClNO/c1-13(21)17-11-10-15-8-5-9-16(18(15)20(17)12-19)14-6-3-2-4-7-14/h2-9,17H,10-12H2,1H3. The molecule has 0 bridgehead atoms. The molecule has 3 rings (SSSR count). The van der Waals surface area contributed by atoms with Crippen molar-refractivity contribution >= 4 is 23.1 Å². The van der Waals surface area contributed by atoms with E-state index in [9.17, 15) is 4.79 Å². The van der Waals surface area contributed by atoms with Crippen LogP contribution in [0.25, 0.3) is 11.1 Å². The predicted octanol–water partition coefficient (Wildman–Crippen LogP) is 4.26. The second kappa shape index (κ2) is 5.90. The van der Waals surface area contributed by atoms with Crippen LogP contribution in [0.5, 0.6) is 0 Å². The van der Waals surface area contributed by atoms with Gasteiger partial charge in [-0.2, -0.15) is 0 Å². The minimum absolute atomic E-state index is 0.111. The van der Waals surface area contributed by atoms with E-state index >= 15 is 0 Å². The van der Waals surface area contributed by atoms with Gasteiger partial charge in [-0.3, -0.25) is 4.79 Å². The number of carbonyl (C=O) groups excluding carboxylic acids is 1. The molecule has 0 saturated carbocycles. The molecular weight excluding hydrogens is 282 g/mol. The molecule has 1 heterocycles. The number of rotatable bonds is 3. The predicted molar refractivity (Wildman–Crippen MR) is 87.9 cm³/mol. The van der Waals surface area contributed by atoms with Gasteiger partial charge in [0.1, 0.15) is 0 Å². The van der Waals surface area contributed by atoms with Gasteiger partial charge < -0.3 is 4.90 Å². The van der Waals surface area contributed by atoms with Gasteiger partial charge >= 0.3 is 0 Å². The number of para-hydroxylation sites is 1. The summed E-state index contributed by atoms with van der Waals surface area (Å²) in [6.45, 7) is 1.65. The Morgan fingerprint density at radius 3 is 2.62 bits per heavy atom. The number of aryl methyl sites for hydroxylation is 1. The summed E-state index contributed by atoms with van der Waals surface area (Å²) in [5, 5.41) is 0. The van der Waals surface area contributed by atoms with Crippen molar-refractivity contribution in [1.29, 1.82) is 0 Å². The molecule has 2 aromatic rings. The quantitative estimate of drug-likeness (QED) is 0.623. The largest absolute Gasteiger partial charge is 0.347 e. The maximum atomic E-state index is 11.9. The SMILES string of the molecule is CC(=O)C1CCc2cccc(-c3ccccc3)c2N1CCl. The van der Waals surface area contributed by atoms with Gasteiger partial charge in [0.15, 0.2) is 5.78 Å². The normalized spacial score (nSPS) is 17.4. The van der Waals surface area contributed by atoms with Gasteiger partial charge in [0, 0.05) is 11.3 Å². The van der Waals surface area contributed by atoms with E-state index in [1.54, 1.807) is 6.92 Å². The van der Waals surface area contributed by atoms with Gasteiger partial charge in [0.2, 0.25) is 0 Å². The van der Waals surface area contributed by atoms with Gasteiger partial charge in [0.05, 0.1) is 12.0 Å². The average molecular weight is 300 g/mol. The lowest BCUT2D eigenvalue weighted by Crippen LogP contribution is -2.43. The van der Waals surface area contributed by atoms with E-state index in [1.807, 2.05) is 23.1 Å². The van der Waals surface area contributed by atoms with Crippen molar-refractivity contribution in [1.82, 2.24) is 0 Å². The summed E-state index contributed by atoms with van der Waals surface area (Å²) >= 11 is 6.18. The highest BCUT2D eigenvalue weighted by molar-refractivity contribution is 6.19. The number of Topliss-reactive ketones (excluding diaryl/α,β-unsaturated/α-hetero) is 1. The molecule has 0 N–H and O–H groups in total. The minimum atomic E-state index is -0.111. The Balaban J connectivity index is 2.16. The van der Waals surface area contributed by atoms with Crippen LogP contribution in [0.2, 0.25) is 0 Å². The van der Waals surface area contributed by atoms with Crippen molar-refractivity contribution in [2.24, 2.45) is 0 Å². The van der Waals surface area contributed by atoms with Crippen LogP contribution < -0.4 is 4.90 Å². The summed E-state index contributed by atoms with van der Waals surface area (Å²) in [6.07, 6.45) is 1.76. The van der Waals surface area contributed by atoms with Crippen LogP contribution in [0.4, 0.5) is 5.69 Å². The van der Waals surface area contributed by atoms with Crippen LogP contribution in [-0.4, -0.2) is 17.8 Å². The van der Waals surface area contributed by atoms with Crippen molar-refractivity contribution in [2.75, 3.05) is 10.9 Å². The van der Waals surface area contributed by atoms with E-state index in [0.29, 0.717) is 6.00 Å². The van der Waals surface area contributed by atoms with E-state index < -0.39 is 0 Å². The Bertz CT molecular complexity index is 654. The maximum absolute atomic E-state index is 11.9. The lowest BCUT2D eigenvalue weighted by molar-refractivity contribution is -0.118. The van der Waals surface area contributed by atoms with Crippen LogP contribution in [0.1, 0.15) is 18.9 Å². The molecule has 108 valence electrons. The van der Waals surface area contributed by atoms with E-state index in [4.69, 9.17) is 11.6 Å². The zero-order chi connectivity index (χ0) is 14.8. The highest BCUT2D eigenvalue weighted by atomic mass is 35.5. The van der Waals surface area contributed by atoms with E-state index in [-0.39, 0.29) is 11.8 Å². The Morgan fingerprint density at radius 1 is 1.19 bits per heavy atom. The first-order valence-electron chi connectivity index (χ1n) is 7.22. The number of nitrogens with zero attached hydrogens (tertiary/aromatic N) is 1. The van der Waals surface area contributed by atoms with E-state index in [2.05, 4.69) is 30.3 Å². The summed E-state index contributed by atoms with van der Waals surface area (Å²) in [6, 6.07) is 16.8. The molecule has 2 nitrogen and oxygen atoms in total. The third-order valence-corrected chi connectivity index (χ3v) is 4.41. The summed E-state index contributed by atoms with van der Waals surface area (Å²) in [5.41, 5.74) is 4.70. The van der Waals surface area contributed by atoms with E-state index in [0.717, 1.165) is 29.7 Å². The summed E-state index contributed by atoms with van der Waals surface area (Å²) in [4.78, 5) is 14.0. The second-order valence-electron chi connectivity index (χ2n) is 5.43. The van der Waals surface area contributed by atoms with Crippen LogP contribution in [0.3, 0.4) is 0 Å². The monoisotopic (exact) mass is 299 g/mol. The Kier molecular flexibility index (Phi) is 3.98. The minimum Gasteiger partial charge on any atom is -0.347 e. The number of hydrogen-bond donors (Lipinski definition) is 0. The second-order valence-corrected chi connectivity index (χ2v) is 5.67. The van der Waals surface area contributed by atoms with Crippen molar-refractivity contribution in [3.05, 3.63) is 54.1 Å². The molecule has 2 aromatic carbocycles. The highest BCUT2D eigenvalue weighted by Crippen LogP contribution is 2.39. The van der Waals surface area contributed by atoms with Crippen molar-refractivity contribution in [2.45, 2.75) is 25.8 Å². The molecule has 3 heteroatoms. The maximum Gasteiger partial charge on any atom is 0.152 e. The zero-order valence-electron chi connectivity index (χ0n) is 12.1. The lowest BCUT2D eigenvalue weighted by Gasteiger charge is -2.37. The summed E-state index contributed by atoms with van der Waals surface area (Å²) in [7, 11) is 0. The first-order chi connectivity index (χ1) is 10.2. The van der Waals surface area contributed by atoms with Crippen LogP contribution >= 0.6 is 11.6 Å². The first kappa shape index (κ1) is 14.2. The molecule has 0 spiro atoms. The number of hydrogen-bond acceptors (Lipinski definition) is 2. The Hall–Kier alpha value is -1.80. The smallest absolute Gasteiger partial charge is 0.152 e. The number of fused-ring (bicyclic) bond motifs is 1. The topological polar surface area (TPSA) is 20.3 Å². The third kappa shape index (κ3) is 2.56. The van der Waals surface area contributed by atoms with Crippen molar-refractivity contribution in [3.8, 4) is 11.1 Å². The van der Waals surface area contributed by atoms with Crippen molar-refractivity contribution in [3.63, 3.8) is 0 Å². The number of benzene rings is 2. The molecule has 1 aliphatic rings. The van der Waals surface area contributed by atoms with Crippen LogP contribution in [0.15, 0.2) is 48.5 Å². The fraction of sp³-hybridized carbons (Fsp3) is 0.278. The van der Waals surface area contributed by atoms with Gasteiger partial charge in [-0.05, 0) is 30.9 Å². The van der Waals surface area contributed by atoms with Gasteiger partial charge in [-0.25, -0.2) is 0 Å². The summed E-state index contributed by atoms with van der Waals surface area (Å²) < 4.78 is 0. The van der Waals surface area contributed by atoms with E-state index in [1.165, 1.54) is 5.56 Å². The van der Waals surface area contributed by atoms with Crippen LogP contribution in [0, 0.1) is 0 Å². The molecule has 0 saturated heterocycles. The number of alkyl halides is 1. The molecule has 0 radical (unpaired) electrons. The van der Waals surface area contributed by atoms with Gasteiger partial charge in [-0.15, -0.1) is 11.6 Å². The van der Waals surface area contributed by atoms with Gasteiger partial charge in [0.25, 0.3) is 0 Å². The summed E-state index contributed by atoms with van der Waals surface area (Å²) in [5.74, 6) is 0.184. The molecule has 0 fully saturated rings. The molecule has 1 atom stereocenters. The molecule has 21 heavy (non-hydrogen) atoms. The number of carbonyl (C=O) groups is 1. The average Bonchev–Trinajstić information content (AvgIpc) is 2.53. The lowest BCUT2D eigenvalue weighted by atomic mass is 9.90. The van der Waals surface area contributed by atoms with Gasteiger partial charge in [-0.1, -0.05) is 48.5 Å². The fourth-order valence-electron chi connectivity index (χ4n) is 3.15. The molecule has 0 aromatic heterocycles. The highest BCUT2D eigenvalue weighted by Gasteiger charge is 2.30. The number of anilines is 1.